The number of hydrogen-bond donors (Lipinski definition) is 1. The lowest BCUT2D eigenvalue weighted by Gasteiger charge is -2.49. The van der Waals surface area contributed by atoms with Crippen LogP contribution in [0.15, 0.2) is 152 Å². The van der Waals surface area contributed by atoms with Crippen molar-refractivity contribution in [3.8, 4) is 0 Å². The number of aliphatic hydroxyl groups excluding tert-OH is 1. The fourth-order valence-electron chi connectivity index (χ4n) is 7.54. The first-order chi connectivity index (χ1) is 30.0. The van der Waals surface area contributed by atoms with Crippen molar-refractivity contribution in [1.29, 1.82) is 0 Å². The third-order valence-corrected chi connectivity index (χ3v) is 10.6. The second-order valence-corrected chi connectivity index (χ2v) is 14.9. The fraction of sp³-hybridized carbons (Fsp3) is 0.367. The van der Waals surface area contributed by atoms with Crippen LogP contribution in [0.2, 0.25) is 0 Å². The monoisotopic (exact) mass is 834 g/mol. The van der Waals surface area contributed by atoms with Gasteiger partial charge >= 0.3 is 5.97 Å². The van der Waals surface area contributed by atoms with E-state index in [0.29, 0.717) is 12.2 Å². The van der Waals surface area contributed by atoms with Crippen LogP contribution in [0.3, 0.4) is 0 Å². The highest BCUT2D eigenvalue weighted by molar-refractivity contribution is 5.89. The Balaban J connectivity index is 1.20. The van der Waals surface area contributed by atoms with E-state index in [2.05, 4.69) is 0 Å². The maximum Gasteiger partial charge on any atom is 0.338 e. The second-order valence-electron chi connectivity index (χ2n) is 14.9. The van der Waals surface area contributed by atoms with Crippen molar-refractivity contribution in [2.45, 2.75) is 87.8 Å². The molecule has 2 heterocycles. The number of carbonyl (C=O) groups excluding carboxylic acids is 1. The fourth-order valence-corrected chi connectivity index (χ4v) is 7.54. The van der Waals surface area contributed by atoms with Gasteiger partial charge in [0.1, 0.15) is 42.7 Å². The van der Waals surface area contributed by atoms with Crippen LogP contribution >= 0.6 is 0 Å². The molecule has 2 saturated heterocycles. The summed E-state index contributed by atoms with van der Waals surface area (Å²) in [5.74, 6) is -0.561. The van der Waals surface area contributed by atoms with E-state index < -0.39 is 67.4 Å². The molecule has 0 radical (unpaired) electrons. The van der Waals surface area contributed by atoms with Crippen molar-refractivity contribution < 1.29 is 57.3 Å². The van der Waals surface area contributed by atoms with E-state index in [9.17, 15) is 9.90 Å². The Hall–Kier alpha value is -4.83. The van der Waals surface area contributed by atoms with Crippen molar-refractivity contribution in [1.82, 2.24) is 0 Å². The van der Waals surface area contributed by atoms with Crippen molar-refractivity contribution >= 4 is 5.97 Å². The lowest BCUT2D eigenvalue weighted by atomic mass is 9.96. The van der Waals surface area contributed by atoms with E-state index in [0.717, 1.165) is 22.3 Å². The van der Waals surface area contributed by atoms with Gasteiger partial charge in [-0.25, -0.2) is 4.79 Å². The number of ether oxygens (including phenoxy) is 10. The minimum atomic E-state index is -1.39. The molecule has 322 valence electrons. The van der Waals surface area contributed by atoms with E-state index in [-0.39, 0.29) is 33.0 Å². The third-order valence-electron chi connectivity index (χ3n) is 10.6. The molecular weight excluding hydrogens is 781 g/mol. The molecule has 2 aliphatic heterocycles. The maximum atomic E-state index is 13.7. The Kier molecular flexibility index (Phi) is 16.6. The average molecular weight is 835 g/mol. The van der Waals surface area contributed by atoms with Gasteiger partial charge in [-0.05, 0) is 34.4 Å². The highest BCUT2D eigenvalue weighted by Gasteiger charge is 2.54. The van der Waals surface area contributed by atoms with Crippen LogP contribution in [0.1, 0.15) is 32.6 Å². The molecule has 5 aromatic rings. The lowest BCUT2D eigenvalue weighted by Crippen LogP contribution is -2.66. The molecule has 61 heavy (non-hydrogen) atoms. The van der Waals surface area contributed by atoms with Crippen LogP contribution in [0.5, 0.6) is 0 Å². The van der Waals surface area contributed by atoms with Gasteiger partial charge in [-0.1, -0.05) is 140 Å². The number of benzene rings is 5. The van der Waals surface area contributed by atoms with Crippen LogP contribution in [0, 0.1) is 0 Å². The molecule has 1 N–H and O–H groups in total. The molecule has 12 heteroatoms. The summed E-state index contributed by atoms with van der Waals surface area (Å²) in [5.41, 5.74) is 4.07. The van der Waals surface area contributed by atoms with Gasteiger partial charge in [0.25, 0.3) is 0 Å². The number of aliphatic hydroxyl groups is 1. The Bertz CT molecular complexity index is 1990. The van der Waals surface area contributed by atoms with Crippen molar-refractivity contribution in [3.05, 3.63) is 179 Å². The number of carbonyl (C=O) groups is 1. The van der Waals surface area contributed by atoms with Crippen LogP contribution in [-0.2, 0) is 73.8 Å². The molecule has 0 unspecified atom stereocenters. The van der Waals surface area contributed by atoms with E-state index >= 15 is 0 Å². The van der Waals surface area contributed by atoms with E-state index in [4.69, 9.17) is 47.4 Å². The summed E-state index contributed by atoms with van der Waals surface area (Å²) >= 11 is 0. The van der Waals surface area contributed by atoms with Gasteiger partial charge < -0.3 is 52.5 Å². The van der Waals surface area contributed by atoms with Crippen LogP contribution in [0.25, 0.3) is 0 Å². The normalized spacial score (nSPS) is 26.4. The lowest BCUT2D eigenvalue weighted by molar-refractivity contribution is -0.367. The number of methoxy groups -OCH3 is 2. The first-order valence-corrected chi connectivity index (χ1v) is 20.5. The SMILES string of the molecule is CO[C@@H]1[C@H](OCc2ccccc2)[C@@H](O[C@H]2[C@H](OC)[C@H](OCc3ccccc3)[C@@H](O)O[C@@H]2COCc2ccccc2)O[C@H](COCc2ccccc2)[C@H]1OC(=O)c1ccccc1. The molecule has 2 aliphatic rings. The van der Waals surface area contributed by atoms with Gasteiger partial charge in [0.15, 0.2) is 18.7 Å². The highest BCUT2D eigenvalue weighted by atomic mass is 16.8. The molecule has 12 nitrogen and oxygen atoms in total. The van der Waals surface area contributed by atoms with Crippen molar-refractivity contribution in [2.24, 2.45) is 0 Å². The van der Waals surface area contributed by atoms with E-state index in [1.807, 2.05) is 127 Å². The molecule has 0 amide bonds. The predicted molar refractivity (Wildman–Crippen MR) is 224 cm³/mol. The smallest absolute Gasteiger partial charge is 0.338 e. The van der Waals surface area contributed by atoms with E-state index in [1.165, 1.54) is 14.2 Å². The van der Waals surface area contributed by atoms with Crippen LogP contribution in [0.4, 0.5) is 0 Å². The minimum absolute atomic E-state index is 0.00672. The molecule has 2 fully saturated rings. The topological polar surface area (TPSA) is 130 Å². The van der Waals surface area contributed by atoms with Crippen LogP contribution < -0.4 is 0 Å². The summed E-state index contributed by atoms with van der Waals surface area (Å²) in [7, 11) is 3.06. The predicted octanol–water partition coefficient (Wildman–Crippen LogP) is 6.67. The highest BCUT2D eigenvalue weighted by Crippen LogP contribution is 2.35. The minimum Gasteiger partial charge on any atom is -0.453 e. The maximum absolute atomic E-state index is 13.7. The van der Waals surface area contributed by atoms with E-state index in [1.54, 1.807) is 24.3 Å². The van der Waals surface area contributed by atoms with Gasteiger partial charge in [-0.15, -0.1) is 0 Å². The molecule has 0 aromatic heterocycles. The van der Waals surface area contributed by atoms with Gasteiger partial charge in [0.05, 0.1) is 45.2 Å². The first-order valence-electron chi connectivity index (χ1n) is 20.5. The summed E-state index contributed by atoms with van der Waals surface area (Å²) in [5, 5.41) is 11.5. The summed E-state index contributed by atoms with van der Waals surface area (Å²) in [4.78, 5) is 13.7. The quantitative estimate of drug-likeness (QED) is 0.0841. The molecular formula is C49H54O12. The van der Waals surface area contributed by atoms with Crippen molar-refractivity contribution in [3.63, 3.8) is 0 Å². The average Bonchev–Trinajstić information content (AvgIpc) is 3.31. The molecule has 7 rings (SSSR count). The third kappa shape index (κ3) is 12.2. The summed E-state index contributed by atoms with van der Waals surface area (Å²) in [6.45, 7) is 0.934. The molecule has 5 aromatic carbocycles. The molecule has 10 atom stereocenters. The summed E-state index contributed by atoms with van der Waals surface area (Å²) in [6.07, 6.45) is -9.97. The molecule has 0 saturated carbocycles. The number of hydrogen-bond acceptors (Lipinski definition) is 12. The summed E-state index contributed by atoms with van der Waals surface area (Å²) < 4.78 is 64.1. The summed E-state index contributed by atoms with van der Waals surface area (Å²) in [6, 6.07) is 47.5. The Morgan fingerprint density at radius 2 is 0.902 bits per heavy atom. The van der Waals surface area contributed by atoms with Gasteiger partial charge in [0.2, 0.25) is 0 Å². The van der Waals surface area contributed by atoms with Crippen molar-refractivity contribution in [2.75, 3.05) is 27.4 Å². The number of rotatable bonds is 20. The van der Waals surface area contributed by atoms with Crippen LogP contribution in [-0.4, -0.2) is 99.9 Å². The van der Waals surface area contributed by atoms with Gasteiger partial charge in [-0.3, -0.25) is 0 Å². The largest absolute Gasteiger partial charge is 0.453 e. The zero-order chi connectivity index (χ0) is 42.2. The number of esters is 1. The van der Waals surface area contributed by atoms with Gasteiger partial charge in [0, 0.05) is 14.2 Å². The Morgan fingerprint density at radius 3 is 1.38 bits per heavy atom. The molecule has 0 spiro atoms. The Morgan fingerprint density at radius 1 is 0.492 bits per heavy atom. The molecule has 0 bridgehead atoms. The molecule has 0 aliphatic carbocycles. The first kappa shape index (κ1) is 44.2. The van der Waals surface area contributed by atoms with Gasteiger partial charge in [-0.2, -0.15) is 0 Å². The zero-order valence-electron chi connectivity index (χ0n) is 34.4. The Labute approximate surface area is 357 Å². The zero-order valence-corrected chi connectivity index (χ0v) is 34.4. The second kappa shape index (κ2) is 22.9. The standard InChI is InChI=1S/C49H54O12/c1-52-43-42(39(32-54-28-34-18-8-3-9-19-34)58-48(51)45(43)56-30-36-22-12-5-13-23-36)61-49-46(57-31-37-24-14-6-15-25-37)44(53-2)41(60-47(50)38-26-16-7-17-27-38)40(59-49)33-55-29-35-20-10-4-11-21-35/h3-27,39-46,48-49,51H,28-33H2,1-2H3/t39-,40-,41-,42-,43+,44+,45+,46+,48+,49-/m1/s1.